The smallest absolute Gasteiger partial charge is 0.274 e. The topological polar surface area (TPSA) is 107 Å². The number of sulfone groups is 1. The van der Waals surface area contributed by atoms with Crippen LogP contribution in [0.25, 0.3) is 0 Å². The predicted octanol–water partition coefficient (Wildman–Crippen LogP) is 2.18. The van der Waals surface area contributed by atoms with E-state index >= 15 is 0 Å². The quantitative estimate of drug-likeness (QED) is 0.627. The minimum atomic E-state index is -3.04. The standard InChI is InChI=1S/C16H19ClN4O4S/c1-9-6-13(11(3)25-9)16(22)19-18-7-14-10(2)20-21(15(14)17)12-4-5-26(23,24)8-12/h6-7,12H,4-5,8H2,1-3H3,(H,19,22)/b18-7-/t12-/m0/s1. The first kappa shape index (κ1) is 18.7. The molecule has 1 fully saturated rings. The average molecular weight is 399 g/mol. The minimum absolute atomic E-state index is 0.0281. The number of hydrogen-bond acceptors (Lipinski definition) is 6. The molecular weight excluding hydrogens is 380 g/mol. The molecule has 1 N–H and O–H groups in total. The molecule has 1 aliphatic heterocycles. The van der Waals surface area contributed by atoms with Crippen LogP contribution in [0.5, 0.6) is 0 Å². The fourth-order valence-corrected chi connectivity index (χ4v) is 5.01. The highest BCUT2D eigenvalue weighted by Crippen LogP contribution is 2.29. The lowest BCUT2D eigenvalue weighted by Crippen LogP contribution is -2.17. The van der Waals surface area contributed by atoms with E-state index in [4.69, 9.17) is 16.0 Å². The zero-order valence-corrected chi connectivity index (χ0v) is 16.2. The summed E-state index contributed by atoms with van der Waals surface area (Å²) in [6.45, 7) is 5.21. The van der Waals surface area contributed by atoms with Crippen molar-refractivity contribution < 1.29 is 17.6 Å². The van der Waals surface area contributed by atoms with Crippen LogP contribution in [-0.4, -0.2) is 41.8 Å². The van der Waals surface area contributed by atoms with Crippen LogP contribution in [-0.2, 0) is 9.84 Å². The van der Waals surface area contributed by atoms with Gasteiger partial charge in [-0.25, -0.2) is 18.5 Å². The van der Waals surface area contributed by atoms with Crippen LogP contribution in [0, 0.1) is 20.8 Å². The van der Waals surface area contributed by atoms with E-state index in [9.17, 15) is 13.2 Å². The highest BCUT2D eigenvalue weighted by atomic mass is 35.5. The lowest BCUT2D eigenvalue weighted by molar-refractivity contribution is 0.0953. The summed E-state index contributed by atoms with van der Waals surface area (Å²) in [5.41, 5.74) is 3.98. The Balaban J connectivity index is 1.75. The first-order valence-electron chi connectivity index (χ1n) is 8.03. The van der Waals surface area contributed by atoms with Crippen LogP contribution in [0.2, 0.25) is 5.15 Å². The Morgan fingerprint density at radius 1 is 1.46 bits per heavy atom. The second-order valence-electron chi connectivity index (χ2n) is 6.32. The summed E-state index contributed by atoms with van der Waals surface area (Å²) in [6.07, 6.45) is 1.89. The Hall–Kier alpha value is -2.13. The van der Waals surface area contributed by atoms with Crippen LogP contribution in [0.3, 0.4) is 0 Å². The van der Waals surface area contributed by atoms with Crippen LogP contribution >= 0.6 is 11.6 Å². The molecule has 26 heavy (non-hydrogen) atoms. The number of amides is 1. The molecule has 1 amide bonds. The van der Waals surface area contributed by atoms with Gasteiger partial charge in [-0.3, -0.25) is 4.79 Å². The Morgan fingerprint density at radius 3 is 2.77 bits per heavy atom. The van der Waals surface area contributed by atoms with Crippen LogP contribution in [0.1, 0.15) is 45.6 Å². The lowest BCUT2D eigenvalue weighted by Gasteiger charge is -2.09. The molecule has 3 heterocycles. The van der Waals surface area contributed by atoms with Crippen LogP contribution < -0.4 is 5.43 Å². The maximum Gasteiger partial charge on any atom is 0.274 e. The zero-order chi connectivity index (χ0) is 19.1. The van der Waals surface area contributed by atoms with Crippen molar-refractivity contribution in [3.63, 3.8) is 0 Å². The predicted molar refractivity (Wildman–Crippen MR) is 97.5 cm³/mol. The monoisotopic (exact) mass is 398 g/mol. The van der Waals surface area contributed by atoms with Gasteiger partial charge in [0.15, 0.2) is 9.84 Å². The Bertz CT molecular complexity index is 990. The number of furan rings is 1. The van der Waals surface area contributed by atoms with Crippen molar-refractivity contribution in [1.82, 2.24) is 15.2 Å². The van der Waals surface area contributed by atoms with E-state index in [0.29, 0.717) is 39.9 Å². The van der Waals surface area contributed by atoms with Crippen molar-refractivity contribution in [2.75, 3.05) is 11.5 Å². The van der Waals surface area contributed by atoms with Gasteiger partial charge in [0.05, 0.1) is 40.6 Å². The van der Waals surface area contributed by atoms with Gasteiger partial charge in [0.2, 0.25) is 0 Å². The Kier molecular flexibility index (Phi) is 4.94. The number of aromatic nitrogens is 2. The number of carbonyl (C=O) groups excluding carboxylic acids is 1. The van der Waals surface area contributed by atoms with Crippen LogP contribution in [0.15, 0.2) is 15.6 Å². The van der Waals surface area contributed by atoms with Gasteiger partial charge in [0.1, 0.15) is 16.7 Å². The largest absolute Gasteiger partial charge is 0.466 e. The van der Waals surface area contributed by atoms with E-state index in [0.717, 1.165) is 0 Å². The summed E-state index contributed by atoms with van der Waals surface area (Å²) in [4.78, 5) is 12.1. The molecule has 1 aliphatic rings. The van der Waals surface area contributed by atoms with Gasteiger partial charge in [-0.1, -0.05) is 11.6 Å². The Labute approximate surface area is 156 Å². The third kappa shape index (κ3) is 3.68. The third-order valence-corrected chi connectivity index (χ3v) is 6.40. The molecule has 0 radical (unpaired) electrons. The number of aryl methyl sites for hydroxylation is 3. The minimum Gasteiger partial charge on any atom is -0.466 e. The maximum atomic E-state index is 12.1. The molecule has 140 valence electrons. The summed E-state index contributed by atoms with van der Waals surface area (Å²) in [7, 11) is -3.04. The van der Waals surface area contributed by atoms with Gasteiger partial charge in [0.25, 0.3) is 5.91 Å². The van der Waals surface area contributed by atoms with E-state index in [1.165, 1.54) is 10.9 Å². The van der Waals surface area contributed by atoms with Crippen molar-refractivity contribution in [3.05, 3.63) is 39.6 Å². The number of rotatable bonds is 4. The van der Waals surface area contributed by atoms with E-state index in [1.54, 1.807) is 26.8 Å². The molecule has 0 unspecified atom stereocenters. The highest BCUT2D eigenvalue weighted by Gasteiger charge is 2.31. The zero-order valence-electron chi connectivity index (χ0n) is 14.6. The molecule has 0 aromatic carbocycles. The van der Waals surface area contributed by atoms with Gasteiger partial charge in [0, 0.05) is 0 Å². The van der Waals surface area contributed by atoms with Crippen LogP contribution in [0.4, 0.5) is 0 Å². The number of nitrogens with zero attached hydrogens (tertiary/aromatic N) is 3. The summed E-state index contributed by atoms with van der Waals surface area (Å²) in [5, 5.41) is 8.57. The number of nitrogens with one attached hydrogen (secondary N) is 1. The number of carbonyl (C=O) groups is 1. The molecule has 0 aliphatic carbocycles. The van der Waals surface area contributed by atoms with Gasteiger partial charge in [-0.05, 0) is 33.3 Å². The van der Waals surface area contributed by atoms with Gasteiger partial charge >= 0.3 is 0 Å². The number of hydrazone groups is 1. The highest BCUT2D eigenvalue weighted by molar-refractivity contribution is 7.91. The first-order valence-corrected chi connectivity index (χ1v) is 10.2. The van der Waals surface area contributed by atoms with E-state index < -0.39 is 15.7 Å². The molecule has 2 aromatic heterocycles. The molecule has 10 heteroatoms. The average Bonchev–Trinajstić information content (AvgIpc) is 3.17. The van der Waals surface area contributed by atoms with Crippen molar-refractivity contribution >= 4 is 33.6 Å². The molecule has 8 nitrogen and oxygen atoms in total. The third-order valence-electron chi connectivity index (χ3n) is 4.27. The molecule has 1 saturated heterocycles. The van der Waals surface area contributed by atoms with Crippen molar-refractivity contribution in [2.24, 2.45) is 5.10 Å². The van der Waals surface area contributed by atoms with E-state index in [1.807, 2.05) is 0 Å². The van der Waals surface area contributed by atoms with E-state index in [2.05, 4.69) is 15.6 Å². The maximum absolute atomic E-state index is 12.1. The van der Waals surface area contributed by atoms with E-state index in [-0.39, 0.29) is 17.5 Å². The fourth-order valence-electron chi connectivity index (χ4n) is 2.96. The van der Waals surface area contributed by atoms with Crippen molar-refractivity contribution in [3.8, 4) is 0 Å². The summed E-state index contributed by atoms with van der Waals surface area (Å²) in [6, 6.07) is 1.36. The van der Waals surface area contributed by atoms with Gasteiger partial charge in [-0.15, -0.1) is 0 Å². The summed E-state index contributed by atoms with van der Waals surface area (Å²) in [5.74, 6) is 0.928. The second-order valence-corrected chi connectivity index (χ2v) is 8.90. The normalized spacial score (nSPS) is 19.3. The number of hydrogen-bond donors (Lipinski definition) is 1. The van der Waals surface area contributed by atoms with Crippen molar-refractivity contribution in [1.29, 1.82) is 0 Å². The molecule has 0 bridgehead atoms. The fraction of sp³-hybridized carbons (Fsp3) is 0.438. The summed E-state index contributed by atoms with van der Waals surface area (Å²) < 4.78 is 30.2. The molecule has 0 saturated carbocycles. The van der Waals surface area contributed by atoms with Gasteiger partial charge < -0.3 is 4.42 Å². The molecule has 2 aromatic rings. The summed E-state index contributed by atoms with van der Waals surface area (Å²) >= 11 is 6.35. The molecule has 3 rings (SSSR count). The molecular formula is C16H19ClN4O4S. The lowest BCUT2D eigenvalue weighted by atomic mass is 10.2. The molecule has 0 spiro atoms. The number of halogens is 1. The second kappa shape index (κ2) is 6.88. The van der Waals surface area contributed by atoms with Crippen molar-refractivity contribution in [2.45, 2.75) is 33.2 Å². The Morgan fingerprint density at radius 2 is 2.19 bits per heavy atom. The van der Waals surface area contributed by atoms with Gasteiger partial charge in [-0.2, -0.15) is 10.2 Å². The first-order chi connectivity index (χ1) is 12.2. The molecule has 1 atom stereocenters. The SMILES string of the molecule is Cc1cc(C(=O)N/N=C\c2c(C)nn([C@H]3CCS(=O)(=O)C3)c2Cl)c(C)o1.